The number of carbonyl (C=O) groups is 1. The number of benzene rings is 2. The number of nitrogens with one attached hydrogen (secondary N) is 1. The number of rotatable bonds is 5. The number of anilines is 1. The van der Waals surface area contributed by atoms with Gasteiger partial charge < -0.3 is 10.1 Å². The van der Waals surface area contributed by atoms with Gasteiger partial charge in [-0.05, 0) is 48.7 Å². The number of alkyl halides is 3. The van der Waals surface area contributed by atoms with Gasteiger partial charge in [-0.15, -0.1) is 0 Å². The zero-order chi connectivity index (χ0) is 21.4. The van der Waals surface area contributed by atoms with E-state index < -0.39 is 31.6 Å². The van der Waals surface area contributed by atoms with Crippen molar-refractivity contribution in [1.29, 1.82) is 0 Å². The van der Waals surface area contributed by atoms with Gasteiger partial charge in [-0.25, -0.2) is 8.42 Å². The molecule has 0 bridgehead atoms. The first-order valence-electron chi connectivity index (χ1n) is 8.58. The third-order valence-electron chi connectivity index (χ3n) is 5.05. The molecule has 0 aliphatic heterocycles. The first-order chi connectivity index (χ1) is 13.5. The Balaban J connectivity index is 1.99. The first kappa shape index (κ1) is 21.4. The van der Waals surface area contributed by atoms with Gasteiger partial charge in [0.15, 0.2) is 0 Å². The summed E-state index contributed by atoms with van der Waals surface area (Å²) in [6.07, 6.45) is 1.85. The Kier molecular flexibility index (Phi) is 5.57. The van der Waals surface area contributed by atoms with Crippen LogP contribution in [-0.2, 0) is 20.0 Å². The minimum atomic E-state index is -5.57. The smallest absolute Gasteiger partial charge is 0.495 e. The first-order valence-corrected chi connectivity index (χ1v) is 10.4. The van der Waals surface area contributed by atoms with Crippen molar-refractivity contribution < 1.29 is 31.1 Å². The lowest BCUT2D eigenvalue weighted by Crippen LogP contribution is -2.46. The minimum absolute atomic E-state index is 0.0417. The molecule has 156 valence electrons. The maximum Gasteiger partial charge on any atom is 0.501 e. The van der Waals surface area contributed by atoms with Crippen LogP contribution in [0, 0.1) is 0 Å². The molecule has 0 radical (unpaired) electrons. The second-order valence-corrected chi connectivity index (χ2v) is 9.09. The Morgan fingerprint density at radius 2 is 1.86 bits per heavy atom. The Morgan fingerprint density at radius 1 is 1.17 bits per heavy atom. The van der Waals surface area contributed by atoms with Crippen molar-refractivity contribution in [2.24, 2.45) is 0 Å². The molecule has 1 aliphatic rings. The highest BCUT2D eigenvalue weighted by molar-refractivity contribution is 7.92. The van der Waals surface area contributed by atoms with Gasteiger partial charge in [0.25, 0.3) is 9.84 Å². The van der Waals surface area contributed by atoms with Crippen molar-refractivity contribution in [2.45, 2.75) is 35.1 Å². The summed E-state index contributed by atoms with van der Waals surface area (Å²) in [5, 5.41) is 3.00. The zero-order valence-electron chi connectivity index (χ0n) is 15.2. The molecule has 1 aliphatic carbocycles. The average molecular weight is 448 g/mol. The van der Waals surface area contributed by atoms with E-state index in [1.54, 1.807) is 24.3 Å². The third kappa shape index (κ3) is 3.81. The molecule has 1 N–H and O–H groups in total. The Bertz CT molecular complexity index is 1050. The van der Waals surface area contributed by atoms with E-state index in [1.807, 2.05) is 0 Å². The van der Waals surface area contributed by atoms with Gasteiger partial charge in [0.05, 0.1) is 23.1 Å². The molecule has 10 heteroatoms. The fourth-order valence-electron chi connectivity index (χ4n) is 3.29. The van der Waals surface area contributed by atoms with Crippen LogP contribution in [0.15, 0.2) is 47.4 Å². The third-order valence-corrected chi connectivity index (χ3v) is 6.77. The fourth-order valence-corrected chi connectivity index (χ4v) is 4.27. The van der Waals surface area contributed by atoms with Gasteiger partial charge in [0, 0.05) is 5.02 Å². The summed E-state index contributed by atoms with van der Waals surface area (Å²) in [6.45, 7) is 0. The number of carbonyl (C=O) groups excluding carboxylic acids is 1. The van der Waals surface area contributed by atoms with Crippen molar-refractivity contribution in [1.82, 2.24) is 0 Å². The number of hydrogen-bond donors (Lipinski definition) is 1. The molecular formula is C19H17ClF3NO4S. The van der Waals surface area contributed by atoms with Crippen LogP contribution in [0.3, 0.4) is 0 Å². The van der Waals surface area contributed by atoms with E-state index in [4.69, 9.17) is 16.3 Å². The molecule has 0 aromatic heterocycles. The van der Waals surface area contributed by atoms with Gasteiger partial charge in [-0.2, -0.15) is 13.2 Å². The second kappa shape index (κ2) is 7.53. The molecule has 0 atom stereocenters. The SMILES string of the molecule is COc1ccc(S(=O)(=O)C(F)(F)F)cc1NC(=O)C1(c2cccc(Cl)c2)CCC1. The molecule has 0 spiro atoms. The summed E-state index contributed by atoms with van der Waals surface area (Å²) in [6, 6.07) is 9.42. The van der Waals surface area contributed by atoms with Crippen LogP contribution < -0.4 is 10.1 Å². The molecule has 3 rings (SSSR count). The molecule has 2 aromatic carbocycles. The van der Waals surface area contributed by atoms with Crippen molar-refractivity contribution in [3.8, 4) is 5.75 Å². The zero-order valence-corrected chi connectivity index (χ0v) is 16.8. The Hall–Kier alpha value is -2.26. The monoisotopic (exact) mass is 447 g/mol. The molecule has 29 heavy (non-hydrogen) atoms. The summed E-state index contributed by atoms with van der Waals surface area (Å²) in [7, 11) is -4.31. The summed E-state index contributed by atoms with van der Waals surface area (Å²) in [5.41, 5.74) is -5.82. The number of ether oxygens (including phenoxy) is 1. The van der Waals surface area contributed by atoms with Crippen molar-refractivity contribution >= 4 is 33.0 Å². The molecule has 1 amide bonds. The largest absolute Gasteiger partial charge is 0.501 e. The van der Waals surface area contributed by atoms with E-state index in [2.05, 4.69) is 5.32 Å². The van der Waals surface area contributed by atoms with Crippen molar-refractivity contribution in [3.05, 3.63) is 53.1 Å². The van der Waals surface area contributed by atoms with Gasteiger partial charge in [0.2, 0.25) is 5.91 Å². The molecule has 1 saturated carbocycles. The summed E-state index contributed by atoms with van der Waals surface area (Å²) in [5.74, 6) is -0.425. The van der Waals surface area contributed by atoms with Crippen LogP contribution in [0.1, 0.15) is 24.8 Å². The molecule has 5 nitrogen and oxygen atoms in total. The van der Waals surface area contributed by atoms with Crippen LogP contribution in [0.5, 0.6) is 5.75 Å². The van der Waals surface area contributed by atoms with Crippen molar-refractivity contribution in [3.63, 3.8) is 0 Å². The van der Waals surface area contributed by atoms with Crippen molar-refractivity contribution in [2.75, 3.05) is 12.4 Å². The van der Waals surface area contributed by atoms with Gasteiger partial charge in [0.1, 0.15) is 5.75 Å². The van der Waals surface area contributed by atoms with Crippen LogP contribution in [-0.4, -0.2) is 26.9 Å². The van der Waals surface area contributed by atoms with E-state index in [-0.39, 0.29) is 11.4 Å². The van der Waals surface area contributed by atoms with Gasteiger partial charge >= 0.3 is 5.51 Å². The van der Waals surface area contributed by atoms with Crippen LogP contribution in [0.2, 0.25) is 5.02 Å². The number of sulfone groups is 1. The second-order valence-electron chi connectivity index (χ2n) is 6.71. The van der Waals surface area contributed by atoms with Crippen LogP contribution in [0.4, 0.5) is 18.9 Å². The summed E-state index contributed by atoms with van der Waals surface area (Å²) >= 11 is 6.03. The van der Waals surface area contributed by atoms with Gasteiger partial charge in [-0.3, -0.25) is 4.79 Å². The Morgan fingerprint density at radius 3 is 2.38 bits per heavy atom. The lowest BCUT2D eigenvalue weighted by atomic mass is 9.64. The van der Waals surface area contributed by atoms with Gasteiger partial charge in [-0.1, -0.05) is 30.2 Å². The predicted octanol–water partition coefficient (Wildman–Crippen LogP) is 4.70. The molecule has 0 unspecified atom stereocenters. The lowest BCUT2D eigenvalue weighted by molar-refractivity contribution is -0.124. The van der Waals surface area contributed by atoms with Crippen LogP contribution in [0.25, 0.3) is 0 Å². The number of halogens is 4. The highest BCUT2D eigenvalue weighted by Crippen LogP contribution is 2.46. The fraction of sp³-hybridized carbons (Fsp3) is 0.316. The molecule has 2 aromatic rings. The highest BCUT2D eigenvalue weighted by atomic mass is 35.5. The van der Waals surface area contributed by atoms with E-state index in [0.717, 1.165) is 24.6 Å². The summed E-state index contributed by atoms with van der Waals surface area (Å²) in [4.78, 5) is 12.1. The number of hydrogen-bond acceptors (Lipinski definition) is 4. The van der Waals surface area contributed by atoms with E-state index in [0.29, 0.717) is 23.4 Å². The molecule has 0 heterocycles. The Labute approximate surface area is 170 Å². The highest BCUT2D eigenvalue weighted by Gasteiger charge is 2.48. The maximum atomic E-state index is 13.1. The van der Waals surface area contributed by atoms with E-state index in [9.17, 15) is 26.4 Å². The number of amides is 1. The topological polar surface area (TPSA) is 72.5 Å². The minimum Gasteiger partial charge on any atom is -0.495 e. The van der Waals surface area contributed by atoms with Crippen LogP contribution >= 0.6 is 11.6 Å². The maximum absolute atomic E-state index is 13.1. The normalized spacial score (nSPS) is 16.0. The van der Waals surface area contributed by atoms with E-state index in [1.165, 1.54) is 7.11 Å². The molecule has 1 fully saturated rings. The quantitative estimate of drug-likeness (QED) is 0.721. The number of methoxy groups -OCH3 is 1. The lowest BCUT2D eigenvalue weighted by Gasteiger charge is -2.40. The standard InChI is InChI=1S/C19H17ClF3NO4S/c1-28-16-7-6-14(29(26,27)19(21,22)23)11-15(16)24-17(25)18(8-3-9-18)12-4-2-5-13(20)10-12/h2,4-7,10-11H,3,8-9H2,1H3,(H,24,25). The molecular weight excluding hydrogens is 431 g/mol. The molecule has 0 saturated heterocycles. The predicted molar refractivity (Wildman–Crippen MR) is 102 cm³/mol. The summed E-state index contributed by atoms with van der Waals surface area (Å²) < 4.78 is 67.2. The average Bonchev–Trinajstić information content (AvgIpc) is 2.60. The van der Waals surface area contributed by atoms with E-state index >= 15 is 0 Å².